The van der Waals surface area contributed by atoms with Crippen LogP contribution < -0.4 is 15.5 Å². The number of hydrogen-bond donors (Lipinski definition) is 1. The second-order valence-electron chi connectivity index (χ2n) is 8.19. The van der Waals surface area contributed by atoms with Gasteiger partial charge in [-0.2, -0.15) is 13.2 Å². The summed E-state index contributed by atoms with van der Waals surface area (Å²) in [5, 5.41) is 0. The van der Waals surface area contributed by atoms with E-state index in [9.17, 15) is 18.0 Å². The highest BCUT2D eigenvalue weighted by Gasteiger charge is 2.50. The minimum atomic E-state index is -4.99. The van der Waals surface area contributed by atoms with Gasteiger partial charge >= 0.3 is 12.1 Å². The molecule has 5 nitrogen and oxygen atoms in total. The third kappa shape index (κ3) is 4.41. The molecule has 1 saturated carbocycles. The second-order valence-corrected chi connectivity index (χ2v) is 8.19. The summed E-state index contributed by atoms with van der Waals surface area (Å²) in [7, 11) is 0. The Morgan fingerprint density at radius 3 is 2.13 bits per heavy atom. The maximum absolute atomic E-state index is 13.4. The topological polar surface area (TPSA) is 58.8 Å². The van der Waals surface area contributed by atoms with Crippen LogP contribution in [-0.2, 0) is 9.53 Å². The SMILES string of the molecule is CCC1(N)CC1c1ccc(N(C(=O)C(F)(F)F)c2ccc(N3CCOCC3)cc2)cc1. The van der Waals surface area contributed by atoms with Crippen molar-refractivity contribution in [3.8, 4) is 0 Å². The number of benzene rings is 2. The van der Waals surface area contributed by atoms with Gasteiger partial charge < -0.3 is 15.4 Å². The highest BCUT2D eigenvalue weighted by Crippen LogP contribution is 2.51. The summed E-state index contributed by atoms with van der Waals surface area (Å²) in [4.78, 5) is 15.1. The maximum Gasteiger partial charge on any atom is 0.472 e. The summed E-state index contributed by atoms with van der Waals surface area (Å²) >= 11 is 0. The standard InChI is InChI=1S/C23H26F3N3O2/c1-2-22(27)15-20(22)16-3-5-18(6-4-16)29(21(30)23(24,25)26)19-9-7-17(8-10-19)28-11-13-31-14-12-28/h3-10,20H,2,11-15,27H2,1H3. The second kappa shape index (κ2) is 8.16. The number of nitrogens with two attached hydrogens (primary N) is 1. The Bertz CT molecular complexity index is 876. The summed E-state index contributed by atoms with van der Waals surface area (Å²) in [6.07, 6.45) is -3.29. The van der Waals surface area contributed by atoms with Gasteiger partial charge in [-0.3, -0.25) is 9.69 Å². The highest BCUT2D eigenvalue weighted by atomic mass is 19.4. The normalized spacial score (nSPS) is 23.5. The number of amides is 1. The van der Waals surface area contributed by atoms with E-state index in [0.717, 1.165) is 29.0 Å². The molecule has 0 bridgehead atoms. The molecule has 0 radical (unpaired) electrons. The molecule has 1 saturated heterocycles. The van der Waals surface area contributed by atoms with E-state index in [-0.39, 0.29) is 22.8 Å². The number of morpholine rings is 1. The van der Waals surface area contributed by atoms with E-state index in [1.165, 1.54) is 0 Å². The van der Waals surface area contributed by atoms with Crippen LogP contribution in [0.4, 0.5) is 30.2 Å². The lowest BCUT2D eigenvalue weighted by Crippen LogP contribution is -2.38. The van der Waals surface area contributed by atoms with E-state index in [2.05, 4.69) is 4.90 Å². The zero-order valence-corrected chi connectivity index (χ0v) is 17.4. The molecule has 2 unspecified atom stereocenters. The van der Waals surface area contributed by atoms with Gasteiger partial charge in [0.1, 0.15) is 0 Å². The van der Waals surface area contributed by atoms with E-state index in [1.807, 2.05) is 6.92 Å². The molecule has 2 fully saturated rings. The summed E-state index contributed by atoms with van der Waals surface area (Å²) < 4.78 is 45.5. The molecule has 1 heterocycles. The number of nitrogens with zero attached hydrogens (tertiary/aromatic N) is 2. The first-order valence-electron chi connectivity index (χ1n) is 10.5. The zero-order valence-electron chi connectivity index (χ0n) is 17.4. The molecule has 31 heavy (non-hydrogen) atoms. The Kier molecular flexibility index (Phi) is 5.70. The lowest BCUT2D eigenvalue weighted by atomic mass is 10.0. The van der Waals surface area contributed by atoms with Gasteiger partial charge in [0, 0.05) is 41.6 Å². The summed E-state index contributed by atoms with van der Waals surface area (Å²) in [6.45, 7) is 4.67. The van der Waals surface area contributed by atoms with Crippen molar-refractivity contribution in [3.63, 3.8) is 0 Å². The lowest BCUT2D eigenvalue weighted by Gasteiger charge is -2.30. The van der Waals surface area contributed by atoms with E-state index in [4.69, 9.17) is 10.5 Å². The van der Waals surface area contributed by atoms with Crippen molar-refractivity contribution in [2.24, 2.45) is 5.73 Å². The smallest absolute Gasteiger partial charge is 0.378 e. The molecule has 1 amide bonds. The number of ether oxygens (including phenoxy) is 1. The molecule has 4 rings (SSSR count). The number of carbonyl (C=O) groups excluding carboxylic acids is 1. The predicted molar refractivity (Wildman–Crippen MR) is 114 cm³/mol. The van der Waals surface area contributed by atoms with Crippen molar-refractivity contribution in [2.75, 3.05) is 36.1 Å². The summed E-state index contributed by atoms with van der Waals surface area (Å²) in [6, 6.07) is 13.2. The van der Waals surface area contributed by atoms with Gasteiger partial charge in [-0.05, 0) is 54.8 Å². The Hall–Kier alpha value is -2.58. The molecule has 8 heteroatoms. The fourth-order valence-electron chi connectivity index (χ4n) is 4.16. The van der Waals surface area contributed by atoms with Gasteiger partial charge in [0.05, 0.1) is 13.2 Å². The largest absolute Gasteiger partial charge is 0.472 e. The van der Waals surface area contributed by atoms with Crippen LogP contribution in [0.2, 0.25) is 0 Å². The van der Waals surface area contributed by atoms with Crippen LogP contribution in [0.3, 0.4) is 0 Å². The van der Waals surface area contributed by atoms with Crippen molar-refractivity contribution in [1.29, 1.82) is 0 Å². The number of alkyl halides is 3. The first-order chi connectivity index (χ1) is 14.7. The van der Waals surface area contributed by atoms with Crippen molar-refractivity contribution < 1.29 is 22.7 Å². The molecular weight excluding hydrogens is 407 g/mol. The van der Waals surface area contributed by atoms with Crippen molar-refractivity contribution in [1.82, 2.24) is 0 Å². The number of halogens is 3. The molecule has 2 N–H and O–H groups in total. The molecule has 2 aromatic rings. The van der Waals surface area contributed by atoms with Crippen molar-refractivity contribution in [2.45, 2.75) is 37.4 Å². The number of anilines is 3. The summed E-state index contributed by atoms with van der Waals surface area (Å²) in [5.74, 6) is -1.72. The third-order valence-corrected chi connectivity index (χ3v) is 6.26. The van der Waals surface area contributed by atoms with Gasteiger partial charge in [-0.1, -0.05) is 19.1 Å². The van der Waals surface area contributed by atoms with Crippen LogP contribution in [-0.4, -0.2) is 43.9 Å². The first-order valence-corrected chi connectivity index (χ1v) is 10.5. The molecule has 1 aliphatic carbocycles. The predicted octanol–water partition coefficient (Wildman–Crippen LogP) is 4.35. The van der Waals surface area contributed by atoms with E-state index < -0.39 is 12.1 Å². The van der Waals surface area contributed by atoms with Crippen LogP contribution in [0.1, 0.15) is 31.2 Å². The van der Waals surface area contributed by atoms with Gasteiger partial charge in [-0.25, -0.2) is 0 Å². The average Bonchev–Trinajstić information content (AvgIpc) is 3.47. The van der Waals surface area contributed by atoms with Crippen LogP contribution >= 0.6 is 0 Å². The zero-order chi connectivity index (χ0) is 22.2. The van der Waals surface area contributed by atoms with Crippen molar-refractivity contribution >= 4 is 23.0 Å². The van der Waals surface area contributed by atoms with Gasteiger partial charge in [0.15, 0.2) is 0 Å². The lowest BCUT2D eigenvalue weighted by molar-refractivity contribution is -0.169. The molecule has 2 atom stereocenters. The van der Waals surface area contributed by atoms with Crippen LogP contribution in [0.15, 0.2) is 48.5 Å². The van der Waals surface area contributed by atoms with Crippen LogP contribution in [0.25, 0.3) is 0 Å². The average molecular weight is 433 g/mol. The third-order valence-electron chi connectivity index (χ3n) is 6.26. The number of carbonyl (C=O) groups is 1. The number of hydrogen-bond acceptors (Lipinski definition) is 4. The molecule has 166 valence electrons. The Morgan fingerprint density at radius 1 is 1.10 bits per heavy atom. The van der Waals surface area contributed by atoms with Gasteiger partial charge in [0.25, 0.3) is 0 Å². The quantitative estimate of drug-likeness (QED) is 0.762. The summed E-state index contributed by atoms with van der Waals surface area (Å²) in [5.41, 5.74) is 8.23. The maximum atomic E-state index is 13.4. The monoisotopic (exact) mass is 433 g/mol. The molecule has 0 aromatic heterocycles. The molecule has 0 spiro atoms. The molecule has 2 aromatic carbocycles. The molecular formula is C23H26F3N3O2. The van der Waals surface area contributed by atoms with Crippen molar-refractivity contribution in [3.05, 3.63) is 54.1 Å². The van der Waals surface area contributed by atoms with E-state index >= 15 is 0 Å². The van der Waals surface area contributed by atoms with Gasteiger partial charge in [-0.15, -0.1) is 0 Å². The Labute approximate surface area is 179 Å². The minimum Gasteiger partial charge on any atom is -0.378 e. The molecule has 2 aliphatic rings. The Morgan fingerprint density at radius 2 is 1.65 bits per heavy atom. The van der Waals surface area contributed by atoms with E-state index in [1.54, 1.807) is 48.5 Å². The van der Waals surface area contributed by atoms with Gasteiger partial charge in [0.2, 0.25) is 0 Å². The number of rotatable bonds is 5. The fraction of sp³-hybridized carbons (Fsp3) is 0.435. The highest BCUT2D eigenvalue weighted by molar-refractivity contribution is 6.03. The van der Waals surface area contributed by atoms with E-state index in [0.29, 0.717) is 26.3 Å². The van der Waals surface area contributed by atoms with Crippen LogP contribution in [0.5, 0.6) is 0 Å². The Balaban J connectivity index is 1.61. The molecule has 1 aliphatic heterocycles. The minimum absolute atomic E-state index is 0.167. The first kappa shape index (κ1) is 21.6. The fourth-order valence-corrected chi connectivity index (χ4v) is 4.16. The van der Waals surface area contributed by atoms with Crippen LogP contribution in [0, 0.1) is 0 Å².